The molecule has 1 amide bonds. The summed E-state index contributed by atoms with van der Waals surface area (Å²) in [4.78, 5) is 27.8. The first-order chi connectivity index (χ1) is 14.0. The molecule has 0 aromatic heterocycles. The van der Waals surface area contributed by atoms with Gasteiger partial charge in [-0.15, -0.1) is 0 Å². The van der Waals surface area contributed by atoms with Crippen LogP contribution in [-0.2, 0) is 4.79 Å². The van der Waals surface area contributed by atoms with E-state index in [1.807, 2.05) is 0 Å². The smallest absolute Gasteiger partial charge is 0.303 e. The number of carbonyl (C=O) groups is 2. The summed E-state index contributed by atoms with van der Waals surface area (Å²) in [6, 6.07) is 13.2. The number of benzene rings is 2. The Balaban J connectivity index is 1.67. The highest BCUT2D eigenvalue weighted by Crippen LogP contribution is 2.27. The Hall–Kier alpha value is -2.93. The highest BCUT2D eigenvalue weighted by Gasteiger charge is 2.28. The lowest BCUT2D eigenvalue weighted by Gasteiger charge is -2.39. The number of aliphatic carboxylic acids is 1. The topological polar surface area (TPSA) is 70.1 Å². The fraction of sp³-hybridized carbons (Fsp3) is 0.364. The van der Waals surface area contributed by atoms with Crippen LogP contribution in [0.15, 0.2) is 48.5 Å². The van der Waals surface area contributed by atoms with Crippen molar-refractivity contribution in [3.8, 4) is 5.75 Å². The molecule has 154 valence electrons. The molecular weight excluding hydrogens is 375 g/mol. The van der Waals surface area contributed by atoms with E-state index in [-0.39, 0.29) is 24.2 Å². The minimum atomic E-state index is -0.857. The summed E-state index contributed by atoms with van der Waals surface area (Å²) in [6.07, 6.45) is 0.468. The molecule has 29 heavy (non-hydrogen) atoms. The highest BCUT2D eigenvalue weighted by molar-refractivity contribution is 5.94. The van der Waals surface area contributed by atoms with Crippen LogP contribution < -0.4 is 4.74 Å². The van der Waals surface area contributed by atoms with Crippen molar-refractivity contribution in [2.75, 3.05) is 33.3 Å². The summed E-state index contributed by atoms with van der Waals surface area (Å²) in [5.74, 6) is -0.588. The highest BCUT2D eigenvalue weighted by atomic mass is 19.1. The number of amides is 1. The van der Waals surface area contributed by atoms with Crippen molar-refractivity contribution in [2.24, 2.45) is 0 Å². The number of ether oxygens (including phenoxy) is 1. The van der Waals surface area contributed by atoms with Crippen LogP contribution in [0.25, 0.3) is 0 Å². The van der Waals surface area contributed by atoms with Gasteiger partial charge in [-0.25, -0.2) is 4.39 Å². The molecule has 0 bridgehead atoms. The first-order valence-electron chi connectivity index (χ1n) is 9.62. The lowest BCUT2D eigenvalue weighted by Crippen LogP contribution is -2.49. The molecule has 0 unspecified atom stereocenters. The third-order valence-electron chi connectivity index (χ3n) is 5.25. The molecule has 0 radical (unpaired) electrons. The summed E-state index contributed by atoms with van der Waals surface area (Å²) in [5, 5.41) is 9.09. The second kappa shape index (κ2) is 9.52. The molecule has 7 heteroatoms. The van der Waals surface area contributed by atoms with Gasteiger partial charge >= 0.3 is 5.97 Å². The van der Waals surface area contributed by atoms with Crippen molar-refractivity contribution in [3.05, 3.63) is 65.5 Å². The van der Waals surface area contributed by atoms with Gasteiger partial charge in [0, 0.05) is 44.2 Å². The number of hydrogen-bond donors (Lipinski definition) is 1. The average Bonchev–Trinajstić information content (AvgIpc) is 2.75. The van der Waals surface area contributed by atoms with E-state index in [1.165, 1.54) is 12.1 Å². The third-order valence-corrected chi connectivity index (χ3v) is 5.25. The van der Waals surface area contributed by atoms with Gasteiger partial charge in [0.2, 0.25) is 0 Å². The molecule has 1 heterocycles. The van der Waals surface area contributed by atoms with Crippen molar-refractivity contribution in [2.45, 2.75) is 18.9 Å². The molecule has 1 aliphatic rings. The zero-order valence-electron chi connectivity index (χ0n) is 16.4. The molecule has 2 aromatic carbocycles. The van der Waals surface area contributed by atoms with Gasteiger partial charge in [0.1, 0.15) is 11.6 Å². The normalized spacial score (nSPS) is 15.7. The zero-order chi connectivity index (χ0) is 20.8. The van der Waals surface area contributed by atoms with Crippen molar-refractivity contribution in [1.82, 2.24) is 9.80 Å². The molecule has 1 atom stereocenters. The fourth-order valence-corrected chi connectivity index (χ4v) is 3.68. The molecule has 6 nitrogen and oxygen atoms in total. The lowest BCUT2D eigenvalue weighted by atomic mass is 9.99. The van der Waals surface area contributed by atoms with Gasteiger partial charge in [0.25, 0.3) is 5.91 Å². The van der Waals surface area contributed by atoms with Crippen LogP contribution in [0.1, 0.15) is 34.8 Å². The summed E-state index contributed by atoms with van der Waals surface area (Å²) >= 11 is 0. The van der Waals surface area contributed by atoms with Crippen LogP contribution in [0.5, 0.6) is 5.75 Å². The van der Waals surface area contributed by atoms with E-state index in [9.17, 15) is 14.0 Å². The number of piperazine rings is 1. The Morgan fingerprint density at radius 1 is 1.10 bits per heavy atom. The molecule has 1 aliphatic heterocycles. The standard InChI is InChI=1S/C22H25FN2O4/c1-29-19-4-2-3-17(15-19)22(28)25-13-11-24(12-14-25)20(9-10-21(26)27)16-5-7-18(23)8-6-16/h2-8,15,20H,9-14H2,1H3,(H,26,27)/t20-/m0/s1. The predicted molar refractivity (Wildman–Crippen MR) is 106 cm³/mol. The first kappa shape index (κ1) is 20.8. The molecular formula is C22H25FN2O4. The maximum atomic E-state index is 13.3. The van der Waals surface area contributed by atoms with Gasteiger partial charge in [0.05, 0.1) is 7.11 Å². The summed E-state index contributed by atoms with van der Waals surface area (Å²) in [6.45, 7) is 2.33. The molecule has 0 aliphatic carbocycles. The number of carboxylic acid groups (broad SMARTS) is 1. The van der Waals surface area contributed by atoms with Crippen LogP contribution in [0.2, 0.25) is 0 Å². The second-order valence-electron chi connectivity index (χ2n) is 7.06. The van der Waals surface area contributed by atoms with Crippen LogP contribution in [0.3, 0.4) is 0 Å². The second-order valence-corrected chi connectivity index (χ2v) is 7.06. The number of halogens is 1. The van der Waals surface area contributed by atoms with E-state index in [0.717, 1.165) is 5.56 Å². The van der Waals surface area contributed by atoms with Crippen LogP contribution in [0, 0.1) is 5.82 Å². The molecule has 2 aromatic rings. The lowest BCUT2D eigenvalue weighted by molar-refractivity contribution is -0.137. The third kappa shape index (κ3) is 5.32. The van der Waals surface area contributed by atoms with Crippen molar-refractivity contribution in [1.29, 1.82) is 0 Å². The van der Waals surface area contributed by atoms with Gasteiger partial charge in [-0.1, -0.05) is 18.2 Å². The monoisotopic (exact) mass is 400 g/mol. The predicted octanol–water partition coefficient (Wildman–Crippen LogP) is 3.20. The molecule has 1 N–H and O–H groups in total. The SMILES string of the molecule is COc1cccc(C(=O)N2CCN([C@@H](CCC(=O)O)c3ccc(F)cc3)CC2)c1. The fourth-order valence-electron chi connectivity index (χ4n) is 3.68. The van der Waals surface area contributed by atoms with Gasteiger partial charge in [-0.2, -0.15) is 0 Å². The number of hydrogen-bond acceptors (Lipinski definition) is 4. The minimum absolute atomic E-state index is 0.0327. The molecule has 1 fully saturated rings. The van der Waals surface area contributed by atoms with E-state index in [4.69, 9.17) is 9.84 Å². The Morgan fingerprint density at radius 2 is 1.79 bits per heavy atom. The van der Waals surface area contributed by atoms with Crippen molar-refractivity contribution in [3.63, 3.8) is 0 Å². The zero-order valence-corrected chi connectivity index (χ0v) is 16.4. The van der Waals surface area contributed by atoms with Gasteiger partial charge in [-0.05, 0) is 42.3 Å². The van der Waals surface area contributed by atoms with Crippen molar-refractivity contribution >= 4 is 11.9 Å². The number of carbonyl (C=O) groups excluding carboxylic acids is 1. The Kier molecular flexibility index (Phi) is 6.82. The van der Waals surface area contributed by atoms with Crippen LogP contribution in [-0.4, -0.2) is 60.1 Å². The van der Waals surface area contributed by atoms with E-state index in [1.54, 1.807) is 48.4 Å². The Morgan fingerprint density at radius 3 is 2.41 bits per heavy atom. The average molecular weight is 400 g/mol. The quantitative estimate of drug-likeness (QED) is 0.773. The number of rotatable bonds is 7. The largest absolute Gasteiger partial charge is 0.497 e. The molecule has 3 rings (SSSR count). The number of methoxy groups -OCH3 is 1. The molecule has 0 spiro atoms. The number of carboxylic acids is 1. The van der Waals surface area contributed by atoms with Crippen molar-refractivity contribution < 1.29 is 23.8 Å². The minimum Gasteiger partial charge on any atom is -0.497 e. The van der Waals surface area contributed by atoms with Crippen LogP contribution >= 0.6 is 0 Å². The van der Waals surface area contributed by atoms with Gasteiger partial charge < -0.3 is 14.7 Å². The van der Waals surface area contributed by atoms with Gasteiger partial charge in [0.15, 0.2) is 0 Å². The number of nitrogens with zero attached hydrogens (tertiary/aromatic N) is 2. The Bertz CT molecular complexity index is 848. The maximum Gasteiger partial charge on any atom is 0.303 e. The summed E-state index contributed by atoms with van der Waals surface area (Å²) in [5.41, 5.74) is 1.47. The summed E-state index contributed by atoms with van der Waals surface area (Å²) < 4.78 is 18.5. The van der Waals surface area contributed by atoms with Crippen LogP contribution in [0.4, 0.5) is 4.39 Å². The Labute approximate surface area is 169 Å². The van der Waals surface area contributed by atoms with E-state index >= 15 is 0 Å². The van der Waals surface area contributed by atoms with E-state index in [0.29, 0.717) is 43.9 Å². The van der Waals surface area contributed by atoms with E-state index < -0.39 is 5.97 Å². The molecule has 1 saturated heterocycles. The molecule has 0 saturated carbocycles. The summed E-state index contributed by atoms with van der Waals surface area (Å²) in [7, 11) is 1.56. The maximum absolute atomic E-state index is 13.3. The van der Waals surface area contributed by atoms with E-state index in [2.05, 4.69) is 4.90 Å². The first-order valence-corrected chi connectivity index (χ1v) is 9.62. The van der Waals surface area contributed by atoms with Gasteiger partial charge in [-0.3, -0.25) is 14.5 Å².